The summed E-state index contributed by atoms with van der Waals surface area (Å²) >= 11 is 0. The Balaban J connectivity index is 1.59. The number of ether oxygens (including phenoxy) is 1. The average Bonchev–Trinajstić information content (AvgIpc) is 2.57. The fourth-order valence-corrected chi connectivity index (χ4v) is 2.50. The number of anilines is 3. The van der Waals surface area contributed by atoms with Crippen molar-refractivity contribution in [3.05, 3.63) is 48.5 Å². The van der Waals surface area contributed by atoms with Gasteiger partial charge in [0.15, 0.2) is 0 Å². The number of nitrogens with one attached hydrogen (secondary N) is 3. The number of para-hydroxylation sites is 2. The summed E-state index contributed by atoms with van der Waals surface area (Å²) in [5.74, 6) is -0.562. The van der Waals surface area contributed by atoms with Crippen LogP contribution in [-0.4, -0.2) is 23.8 Å². The number of hydrogen-bond donors (Lipinski definition) is 3. The van der Waals surface area contributed by atoms with E-state index < -0.39 is 12.0 Å². The first-order chi connectivity index (χ1) is 12.0. The fourth-order valence-electron chi connectivity index (χ4n) is 2.50. The Hall–Kier alpha value is -3.35. The highest BCUT2D eigenvalue weighted by Gasteiger charge is 2.27. The smallest absolute Gasteiger partial charge is 0.308 e. The molecule has 0 aliphatic carbocycles. The molecule has 0 radical (unpaired) electrons. The quantitative estimate of drug-likeness (QED) is 0.587. The van der Waals surface area contributed by atoms with Gasteiger partial charge in [-0.2, -0.15) is 0 Å². The third-order valence-electron chi connectivity index (χ3n) is 3.62. The molecule has 1 aliphatic heterocycles. The van der Waals surface area contributed by atoms with Gasteiger partial charge in [0.1, 0.15) is 11.8 Å². The van der Waals surface area contributed by atoms with E-state index in [0.29, 0.717) is 17.1 Å². The molecule has 1 aliphatic rings. The predicted octanol–water partition coefficient (Wildman–Crippen LogP) is 2.37. The summed E-state index contributed by atoms with van der Waals surface area (Å²) in [5, 5.41) is 8.55. The van der Waals surface area contributed by atoms with Crippen LogP contribution in [0.3, 0.4) is 0 Å². The molecule has 3 rings (SSSR count). The van der Waals surface area contributed by atoms with Gasteiger partial charge in [0.25, 0.3) is 0 Å². The van der Waals surface area contributed by atoms with Gasteiger partial charge in [-0.1, -0.05) is 12.1 Å². The number of carbonyl (C=O) groups is 3. The van der Waals surface area contributed by atoms with Crippen LogP contribution in [0.5, 0.6) is 5.75 Å². The Morgan fingerprint density at radius 2 is 1.76 bits per heavy atom. The monoisotopic (exact) mass is 339 g/mol. The maximum Gasteiger partial charge on any atom is 0.308 e. The first-order valence-electron chi connectivity index (χ1n) is 7.76. The molecule has 3 N–H and O–H groups in total. The summed E-state index contributed by atoms with van der Waals surface area (Å²) in [7, 11) is 0. The zero-order valence-electron chi connectivity index (χ0n) is 13.5. The lowest BCUT2D eigenvalue weighted by Crippen LogP contribution is -2.41. The van der Waals surface area contributed by atoms with E-state index in [1.54, 1.807) is 30.3 Å². The molecular weight excluding hydrogens is 322 g/mol. The second-order valence-corrected chi connectivity index (χ2v) is 5.60. The zero-order chi connectivity index (χ0) is 17.8. The SMILES string of the molecule is CC(=O)Oc1ccc(NC(=O)CC2Nc3ccccc3NC2=O)cc1. The van der Waals surface area contributed by atoms with Crippen molar-refractivity contribution in [2.45, 2.75) is 19.4 Å². The summed E-state index contributed by atoms with van der Waals surface area (Å²) in [6, 6.07) is 13.1. The third kappa shape index (κ3) is 4.14. The standard InChI is InChI=1S/C18H17N3O4/c1-11(22)25-13-8-6-12(7-9-13)19-17(23)10-16-18(24)21-15-5-3-2-4-14(15)20-16/h2-9,16,20H,10H2,1H3,(H,19,23)(H,21,24). The van der Waals surface area contributed by atoms with E-state index in [4.69, 9.17) is 4.74 Å². The van der Waals surface area contributed by atoms with Crippen LogP contribution in [0.2, 0.25) is 0 Å². The molecule has 1 heterocycles. The van der Waals surface area contributed by atoms with Gasteiger partial charge in [0.2, 0.25) is 11.8 Å². The molecular formula is C18H17N3O4. The second-order valence-electron chi connectivity index (χ2n) is 5.60. The lowest BCUT2D eigenvalue weighted by atomic mass is 10.1. The van der Waals surface area contributed by atoms with Gasteiger partial charge in [0, 0.05) is 12.6 Å². The van der Waals surface area contributed by atoms with Gasteiger partial charge in [-0.05, 0) is 36.4 Å². The normalized spacial score (nSPS) is 15.4. The third-order valence-corrected chi connectivity index (χ3v) is 3.62. The maximum absolute atomic E-state index is 12.2. The predicted molar refractivity (Wildman–Crippen MR) is 93.5 cm³/mol. The van der Waals surface area contributed by atoms with Crippen molar-refractivity contribution in [3.8, 4) is 5.75 Å². The molecule has 7 heteroatoms. The molecule has 2 aromatic carbocycles. The van der Waals surface area contributed by atoms with E-state index in [1.807, 2.05) is 18.2 Å². The Bertz CT molecular complexity index is 817. The second kappa shape index (κ2) is 7.04. The first-order valence-corrected chi connectivity index (χ1v) is 7.76. The fraction of sp³-hybridized carbons (Fsp3) is 0.167. The minimum atomic E-state index is -0.643. The van der Waals surface area contributed by atoms with Gasteiger partial charge in [0.05, 0.1) is 17.8 Å². The molecule has 0 saturated heterocycles. The molecule has 0 aromatic heterocycles. The number of rotatable bonds is 4. The number of carbonyl (C=O) groups excluding carboxylic acids is 3. The van der Waals surface area contributed by atoms with Crippen LogP contribution in [0.15, 0.2) is 48.5 Å². The highest BCUT2D eigenvalue weighted by atomic mass is 16.5. The molecule has 0 spiro atoms. The highest BCUT2D eigenvalue weighted by Crippen LogP contribution is 2.26. The molecule has 2 amide bonds. The summed E-state index contributed by atoms with van der Waals surface area (Å²) in [4.78, 5) is 35.2. The average molecular weight is 339 g/mol. The molecule has 1 unspecified atom stereocenters. The van der Waals surface area contributed by atoms with Crippen molar-refractivity contribution in [3.63, 3.8) is 0 Å². The summed E-state index contributed by atoms with van der Waals surface area (Å²) < 4.78 is 4.93. The number of hydrogen-bond acceptors (Lipinski definition) is 5. The number of esters is 1. The van der Waals surface area contributed by atoms with Crippen LogP contribution in [0.1, 0.15) is 13.3 Å². The van der Waals surface area contributed by atoms with Crippen LogP contribution in [0, 0.1) is 0 Å². The molecule has 1 atom stereocenters. The largest absolute Gasteiger partial charge is 0.427 e. The van der Waals surface area contributed by atoms with E-state index in [0.717, 1.165) is 5.69 Å². The summed E-state index contributed by atoms with van der Waals surface area (Å²) in [6.45, 7) is 1.32. The highest BCUT2D eigenvalue weighted by molar-refractivity contribution is 6.06. The number of fused-ring (bicyclic) bond motifs is 1. The molecule has 7 nitrogen and oxygen atoms in total. The minimum absolute atomic E-state index is 0.00807. The van der Waals surface area contributed by atoms with Gasteiger partial charge in [-0.25, -0.2) is 0 Å². The Labute approximate surface area is 144 Å². The number of amides is 2. The summed E-state index contributed by atoms with van der Waals surface area (Å²) in [6.07, 6.45) is -0.00807. The van der Waals surface area contributed by atoms with Crippen molar-refractivity contribution < 1.29 is 19.1 Å². The zero-order valence-corrected chi connectivity index (χ0v) is 13.5. The van der Waals surface area contributed by atoms with Crippen molar-refractivity contribution in [1.82, 2.24) is 0 Å². The Morgan fingerprint density at radius 1 is 1.08 bits per heavy atom. The van der Waals surface area contributed by atoms with E-state index in [9.17, 15) is 14.4 Å². The van der Waals surface area contributed by atoms with Crippen molar-refractivity contribution in [2.75, 3.05) is 16.0 Å². The van der Waals surface area contributed by atoms with Crippen LogP contribution in [0.4, 0.5) is 17.1 Å². The minimum Gasteiger partial charge on any atom is -0.427 e. The molecule has 0 bridgehead atoms. The van der Waals surface area contributed by atoms with Crippen LogP contribution < -0.4 is 20.7 Å². The van der Waals surface area contributed by atoms with Crippen molar-refractivity contribution in [1.29, 1.82) is 0 Å². The van der Waals surface area contributed by atoms with Crippen LogP contribution in [0.25, 0.3) is 0 Å². The molecule has 25 heavy (non-hydrogen) atoms. The van der Waals surface area contributed by atoms with E-state index in [1.165, 1.54) is 6.92 Å². The van der Waals surface area contributed by atoms with Gasteiger partial charge >= 0.3 is 5.97 Å². The topological polar surface area (TPSA) is 96.5 Å². The molecule has 0 fully saturated rings. The molecule has 0 saturated carbocycles. The van der Waals surface area contributed by atoms with Crippen LogP contribution in [-0.2, 0) is 14.4 Å². The Morgan fingerprint density at radius 3 is 2.44 bits per heavy atom. The molecule has 2 aromatic rings. The van der Waals surface area contributed by atoms with E-state index in [2.05, 4.69) is 16.0 Å². The molecule has 128 valence electrons. The van der Waals surface area contributed by atoms with E-state index in [-0.39, 0.29) is 18.2 Å². The lowest BCUT2D eigenvalue weighted by molar-refractivity contribution is -0.131. The van der Waals surface area contributed by atoms with Crippen LogP contribution >= 0.6 is 0 Å². The first kappa shape index (κ1) is 16.5. The van der Waals surface area contributed by atoms with E-state index >= 15 is 0 Å². The summed E-state index contributed by atoms with van der Waals surface area (Å²) in [5.41, 5.74) is 2.04. The Kier molecular flexibility index (Phi) is 4.65. The maximum atomic E-state index is 12.2. The number of benzene rings is 2. The van der Waals surface area contributed by atoms with Gasteiger partial charge in [-0.15, -0.1) is 0 Å². The van der Waals surface area contributed by atoms with Gasteiger partial charge in [-0.3, -0.25) is 14.4 Å². The van der Waals surface area contributed by atoms with Crippen molar-refractivity contribution >= 4 is 34.8 Å². The van der Waals surface area contributed by atoms with Gasteiger partial charge < -0.3 is 20.7 Å². The van der Waals surface area contributed by atoms with Crippen molar-refractivity contribution in [2.24, 2.45) is 0 Å². The lowest BCUT2D eigenvalue weighted by Gasteiger charge is -2.26.